The fraction of sp³-hybridized carbons (Fsp3) is 0.190. The zero-order chi connectivity index (χ0) is 22.1. The minimum atomic E-state index is -0.539. The molecule has 2 aromatic heterocycles. The van der Waals surface area contributed by atoms with Gasteiger partial charge in [-0.3, -0.25) is 9.36 Å². The Balaban J connectivity index is 1.98. The number of methoxy groups -OCH3 is 1. The first-order valence-corrected chi connectivity index (χ1v) is 10.4. The maximum Gasteiger partial charge on any atom is 0.337 e. The Kier molecular flexibility index (Phi) is 6.20. The second-order valence-electron chi connectivity index (χ2n) is 6.81. The maximum atomic E-state index is 13.3. The Bertz CT molecular complexity index is 1390. The first-order valence-electron chi connectivity index (χ1n) is 9.31. The molecule has 7 nitrogen and oxygen atoms in total. The highest BCUT2D eigenvalue weighted by Crippen LogP contribution is 2.24. The van der Waals surface area contributed by atoms with Gasteiger partial charge in [-0.1, -0.05) is 53.0 Å². The number of aromatic nitrogens is 4. The van der Waals surface area contributed by atoms with Gasteiger partial charge in [0, 0.05) is 13.7 Å². The van der Waals surface area contributed by atoms with Gasteiger partial charge in [0.25, 0.3) is 5.56 Å². The van der Waals surface area contributed by atoms with Gasteiger partial charge in [-0.25, -0.2) is 14.3 Å². The zero-order valence-electron chi connectivity index (χ0n) is 16.4. The molecule has 4 rings (SSSR count). The predicted octanol–water partition coefficient (Wildman–Crippen LogP) is 4.00. The van der Waals surface area contributed by atoms with Gasteiger partial charge in [-0.05, 0) is 29.8 Å². The van der Waals surface area contributed by atoms with Crippen molar-refractivity contribution in [2.24, 2.45) is 0 Å². The van der Waals surface area contributed by atoms with E-state index in [2.05, 4.69) is 4.98 Å². The van der Waals surface area contributed by atoms with E-state index in [-0.39, 0.29) is 24.3 Å². The highest BCUT2D eigenvalue weighted by atomic mass is 35.5. The van der Waals surface area contributed by atoms with Crippen LogP contribution in [-0.4, -0.2) is 32.4 Å². The fourth-order valence-corrected chi connectivity index (χ4v) is 3.91. The summed E-state index contributed by atoms with van der Waals surface area (Å²) >= 11 is 18.5. The lowest BCUT2D eigenvalue weighted by Gasteiger charge is -2.13. The van der Waals surface area contributed by atoms with E-state index in [4.69, 9.17) is 39.5 Å². The van der Waals surface area contributed by atoms with Crippen LogP contribution in [0.15, 0.2) is 58.4 Å². The van der Waals surface area contributed by atoms with Crippen LogP contribution in [0.5, 0.6) is 0 Å². The summed E-state index contributed by atoms with van der Waals surface area (Å²) in [4.78, 5) is 30.9. The molecule has 0 saturated carbocycles. The van der Waals surface area contributed by atoms with Crippen LogP contribution in [-0.2, 0) is 17.8 Å². The van der Waals surface area contributed by atoms with Crippen LogP contribution in [0.1, 0.15) is 5.56 Å². The average molecular weight is 480 g/mol. The van der Waals surface area contributed by atoms with E-state index >= 15 is 0 Å². The van der Waals surface area contributed by atoms with Crippen molar-refractivity contribution in [3.63, 3.8) is 0 Å². The summed E-state index contributed by atoms with van der Waals surface area (Å²) < 4.78 is 9.23. The molecule has 0 atom stereocenters. The van der Waals surface area contributed by atoms with Crippen LogP contribution in [0, 0.1) is 0 Å². The Hall–Kier alpha value is -2.58. The second-order valence-corrected chi connectivity index (χ2v) is 8.03. The molecule has 0 N–H and O–H groups in total. The number of ether oxygens (including phenoxy) is 1. The molecule has 0 fully saturated rings. The summed E-state index contributed by atoms with van der Waals surface area (Å²) in [6.45, 7) is 0.601. The molecule has 0 radical (unpaired) electrons. The van der Waals surface area contributed by atoms with Crippen LogP contribution in [0.2, 0.25) is 15.1 Å². The van der Waals surface area contributed by atoms with E-state index in [0.29, 0.717) is 27.3 Å². The van der Waals surface area contributed by atoms with Crippen molar-refractivity contribution >= 4 is 46.0 Å². The Labute approximate surface area is 192 Å². The standard InChI is InChI=1S/C21H17Cl3N4O3/c1-31-9-8-27-20(29)18-19(28(21(27)30)17-5-3-2-4-15(17)23)25-12-26(18)11-13-6-7-14(22)16(24)10-13/h2-7,10,12H,8-9,11H2,1H3. The first-order chi connectivity index (χ1) is 14.9. The molecule has 2 aromatic carbocycles. The highest BCUT2D eigenvalue weighted by Gasteiger charge is 2.20. The number of rotatable bonds is 6. The number of halogens is 3. The molecule has 0 bridgehead atoms. The van der Waals surface area contributed by atoms with E-state index in [9.17, 15) is 9.59 Å². The molecule has 0 aliphatic rings. The third kappa shape index (κ3) is 4.02. The van der Waals surface area contributed by atoms with Gasteiger partial charge in [0.2, 0.25) is 0 Å². The molecule has 0 aliphatic carbocycles. The van der Waals surface area contributed by atoms with Gasteiger partial charge >= 0.3 is 5.69 Å². The third-order valence-corrected chi connectivity index (χ3v) is 5.91. The minimum absolute atomic E-state index is 0.0898. The lowest BCUT2D eigenvalue weighted by molar-refractivity contribution is 0.184. The highest BCUT2D eigenvalue weighted by molar-refractivity contribution is 6.42. The molecule has 0 aliphatic heterocycles. The minimum Gasteiger partial charge on any atom is -0.383 e. The van der Waals surface area contributed by atoms with Crippen molar-refractivity contribution in [3.8, 4) is 5.69 Å². The van der Waals surface area contributed by atoms with Crippen LogP contribution < -0.4 is 11.2 Å². The molecule has 0 spiro atoms. The van der Waals surface area contributed by atoms with Crippen molar-refractivity contribution in [2.75, 3.05) is 13.7 Å². The molecule has 0 saturated heterocycles. The van der Waals surface area contributed by atoms with Crippen LogP contribution in [0.3, 0.4) is 0 Å². The largest absolute Gasteiger partial charge is 0.383 e. The van der Waals surface area contributed by atoms with Gasteiger partial charge in [-0.15, -0.1) is 0 Å². The van der Waals surface area contributed by atoms with Crippen molar-refractivity contribution in [1.82, 2.24) is 18.7 Å². The third-order valence-electron chi connectivity index (χ3n) is 4.85. The number of fused-ring (bicyclic) bond motifs is 1. The van der Waals surface area contributed by atoms with E-state index in [0.717, 1.165) is 10.1 Å². The molecular formula is C21H17Cl3N4O3. The SMILES string of the molecule is COCCn1c(=O)c2c(ncn2Cc2ccc(Cl)c(Cl)c2)n(-c2ccccc2Cl)c1=O. The van der Waals surface area contributed by atoms with Gasteiger partial charge < -0.3 is 9.30 Å². The fourth-order valence-electron chi connectivity index (χ4n) is 3.36. The number of imidazole rings is 1. The smallest absolute Gasteiger partial charge is 0.337 e. The number of benzene rings is 2. The molecule has 0 amide bonds. The van der Waals surface area contributed by atoms with Crippen molar-refractivity contribution < 1.29 is 4.74 Å². The maximum absolute atomic E-state index is 13.3. The molecule has 160 valence electrons. The number of para-hydroxylation sites is 1. The van der Waals surface area contributed by atoms with Crippen LogP contribution in [0.4, 0.5) is 0 Å². The van der Waals surface area contributed by atoms with E-state index in [1.807, 2.05) is 6.07 Å². The van der Waals surface area contributed by atoms with Gasteiger partial charge in [0.15, 0.2) is 11.2 Å². The van der Waals surface area contributed by atoms with Gasteiger partial charge in [0.05, 0.1) is 40.2 Å². The zero-order valence-corrected chi connectivity index (χ0v) is 18.7. The topological polar surface area (TPSA) is 71.1 Å². The summed E-state index contributed by atoms with van der Waals surface area (Å²) in [7, 11) is 1.50. The first kappa shape index (κ1) is 21.6. The summed E-state index contributed by atoms with van der Waals surface area (Å²) in [6.07, 6.45) is 1.52. The lowest BCUT2D eigenvalue weighted by Crippen LogP contribution is -2.41. The average Bonchev–Trinajstić information content (AvgIpc) is 3.15. The summed E-state index contributed by atoms with van der Waals surface area (Å²) in [5.41, 5.74) is 0.746. The lowest BCUT2D eigenvalue weighted by atomic mass is 10.2. The number of hydrogen-bond donors (Lipinski definition) is 0. The molecule has 10 heteroatoms. The molecule has 31 heavy (non-hydrogen) atoms. The van der Waals surface area contributed by atoms with Crippen molar-refractivity contribution in [3.05, 3.63) is 90.3 Å². The number of nitrogens with zero attached hydrogens (tertiary/aromatic N) is 4. The summed E-state index contributed by atoms with van der Waals surface area (Å²) in [6, 6.07) is 12.1. The van der Waals surface area contributed by atoms with E-state index < -0.39 is 11.2 Å². The normalized spacial score (nSPS) is 11.4. The molecule has 0 unspecified atom stereocenters. The molecular weight excluding hydrogens is 463 g/mol. The van der Waals surface area contributed by atoms with E-state index in [1.54, 1.807) is 41.0 Å². The van der Waals surface area contributed by atoms with Crippen LogP contribution >= 0.6 is 34.8 Å². The Morgan fingerprint density at radius 3 is 2.48 bits per heavy atom. The quantitative estimate of drug-likeness (QED) is 0.419. The number of hydrogen-bond acceptors (Lipinski definition) is 4. The van der Waals surface area contributed by atoms with Gasteiger partial charge in [0.1, 0.15) is 0 Å². The predicted molar refractivity (Wildman–Crippen MR) is 122 cm³/mol. The molecule has 2 heterocycles. The van der Waals surface area contributed by atoms with Crippen molar-refractivity contribution in [2.45, 2.75) is 13.1 Å². The second kappa shape index (κ2) is 8.88. The van der Waals surface area contributed by atoms with Crippen LogP contribution in [0.25, 0.3) is 16.9 Å². The van der Waals surface area contributed by atoms with Crippen molar-refractivity contribution in [1.29, 1.82) is 0 Å². The monoisotopic (exact) mass is 478 g/mol. The summed E-state index contributed by atoms with van der Waals surface area (Å²) in [5.74, 6) is 0. The molecule has 4 aromatic rings. The Morgan fingerprint density at radius 1 is 1.00 bits per heavy atom. The Morgan fingerprint density at radius 2 is 1.77 bits per heavy atom. The van der Waals surface area contributed by atoms with E-state index in [1.165, 1.54) is 18.0 Å². The summed E-state index contributed by atoms with van der Waals surface area (Å²) in [5, 5.41) is 1.21. The van der Waals surface area contributed by atoms with Gasteiger partial charge in [-0.2, -0.15) is 0 Å².